The lowest BCUT2D eigenvalue weighted by Gasteiger charge is -2.37. The normalized spacial score (nSPS) is 14.9. The average molecular weight is 782 g/mol. The standard InChI is InChI=1S/C44H55N5O8/c1-28(2)36(48-43(54)56-26-31-19-11-6-12-20-31)41(52)46-34(25-30-17-9-5-10-18-30)39(50)40(51)38(35(45)33-23-15-8-16-24-33)47-42(53)37(29(3)4)49-44(55)57-27-32-21-13-7-14-22-32/h5-24,28-29,34-40,50-51H,25-27,45H2,1-4H3,(H,46,52)(H,47,53)(H,48,54)(H,49,55)/t34-,35?,36-,37-,38-,39+,40+/m0/s1. The van der Waals surface area contributed by atoms with E-state index in [2.05, 4.69) is 21.3 Å². The van der Waals surface area contributed by atoms with E-state index in [1.807, 2.05) is 54.6 Å². The van der Waals surface area contributed by atoms with Gasteiger partial charge in [-0.1, -0.05) is 149 Å². The second-order valence-electron chi connectivity index (χ2n) is 14.6. The van der Waals surface area contributed by atoms with Gasteiger partial charge in [-0.25, -0.2) is 9.59 Å². The lowest BCUT2D eigenvalue weighted by atomic mass is 9.88. The molecule has 4 rings (SSSR count). The highest BCUT2D eigenvalue weighted by atomic mass is 16.6. The van der Waals surface area contributed by atoms with E-state index < -0.39 is 78.3 Å². The zero-order valence-electron chi connectivity index (χ0n) is 32.8. The first kappa shape index (κ1) is 44.0. The third-order valence-electron chi connectivity index (χ3n) is 9.51. The van der Waals surface area contributed by atoms with Crippen LogP contribution in [-0.2, 0) is 38.7 Å². The van der Waals surface area contributed by atoms with Crippen LogP contribution in [-0.4, -0.2) is 70.6 Å². The van der Waals surface area contributed by atoms with Crippen molar-refractivity contribution in [3.63, 3.8) is 0 Å². The molecule has 7 atom stereocenters. The highest BCUT2D eigenvalue weighted by molar-refractivity contribution is 5.87. The summed E-state index contributed by atoms with van der Waals surface area (Å²) in [7, 11) is 0. The first-order valence-corrected chi connectivity index (χ1v) is 19.1. The third-order valence-corrected chi connectivity index (χ3v) is 9.51. The van der Waals surface area contributed by atoms with Gasteiger partial charge >= 0.3 is 12.2 Å². The fraction of sp³-hybridized carbons (Fsp3) is 0.364. The van der Waals surface area contributed by atoms with Crippen molar-refractivity contribution >= 4 is 24.0 Å². The quantitative estimate of drug-likeness (QED) is 0.0715. The first-order valence-electron chi connectivity index (χ1n) is 19.1. The lowest BCUT2D eigenvalue weighted by Crippen LogP contribution is -2.63. The molecule has 0 aliphatic carbocycles. The minimum absolute atomic E-state index is 0.00250. The van der Waals surface area contributed by atoms with E-state index >= 15 is 0 Å². The molecule has 4 aromatic carbocycles. The zero-order chi connectivity index (χ0) is 41.3. The molecular formula is C44H55N5O8. The minimum Gasteiger partial charge on any atom is -0.445 e. The Morgan fingerprint density at radius 2 is 0.930 bits per heavy atom. The Morgan fingerprint density at radius 3 is 1.35 bits per heavy atom. The molecule has 1 unspecified atom stereocenters. The summed E-state index contributed by atoms with van der Waals surface area (Å²) in [5, 5.41) is 34.9. The molecule has 0 saturated carbocycles. The topological polar surface area (TPSA) is 201 Å². The van der Waals surface area contributed by atoms with Crippen LogP contribution in [0.25, 0.3) is 0 Å². The van der Waals surface area contributed by atoms with Crippen LogP contribution in [0.2, 0.25) is 0 Å². The molecule has 0 saturated heterocycles. The number of alkyl carbamates (subject to hydrolysis) is 2. The molecule has 0 aliphatic heterocycles. The Hall–Kier alpha value is -5.76. The van der Waals surface area contributed by atoms with Crippen molar-refractivity contribution < 1.29 is 38.9 Å². The third kappa shape index (κ3) is 13.7. The Kier molecular flexibility index (Phi) is 17.0. The summed E-state index contributed by atoms with van der Waals surface area (Å²) < 4.78 is 10.7. The number of carbonyl (C=O) groups excluding carboxylic acids is 4. The molecule has 0 bridgehead atoms. The largest absolute Gasteiger partial charge is 0.445 e. The van der Waals surface area contributed by atoms with Crippen LogP contribution >= 0.6 is 0 Å². The van der Waals surface area contributed by atoms with Crippen LogP contribution in [0.4, 0.5) is 9.59 Å². The number of amides is 4. The molecule has 57 heavy (non-hydrogen) atoms. The predicted octanol–water partition coefficient (Wildman–Crippen LogP) is 4.52. The highest BCUT2D eigenvalue weighted by Crippen LogP contribution is 2.22. The van der Waals surface area contributed by atoms with Gasteiger partial charge in [-0.05, 0) is 40.5 Å². The van der Waals surface area contributed by atoms with Crippen LogP contribution in [0.15, 0.2) is 121 Å². The number of hydrogen-bond donors (Lipinski definition) is 7. The van der Waals surface area contributed by atoms with Crippen molar-refractivity contribution in [3.8, 4) is 0 Å². The van der Waals surface area contributed by atoms with E-state index in [0.717, 1.165) is 16.7 Å². The van der Waals surface area contributed by atoms with E-state index in [0.29, 0.717) is 5.56 Å². The number of carbonyl (C=O) groups is 4. The van der Waals surface area contributed by atoms with Gasteiger partial charge in [-0.15, -0.1) is 0 Å². The number of nitrogens with one attached hydrogen (secondary N) is 4. The molecule has 0 heterocycles. The molecule has 0 aromatic heterocycles. The second kappa shape index (κ2) is 22.1. The number of nitrogens with two attached hydrogens (primary N) is 1. The van der Waals surface area contributed by atoms with Gasteiger partial charge in [0.05, 0.1) is 18.1 Å². The van der Waals surface area contributed by atoms with Crippen molar-refractivity contribution in [1.29, 1.82) is 0 Å². The summed E-state index contributed by atoms with van der Waals surface area (Å²) in [5.74, 6) is -2.12. The van der Waals surface area contributed by atoms with Gasteiger partial charge in [0.1, 0.15) is 37.5 Å². The molecule has 304 valence electrons. The molecule has 4 amide bonds. The van der Waals surface area contributed by atoms with Crippen LogP contribution in [0.5, 0.6) is 0 Å². The molecule has 8 N–H and O–H groups in total. The lowest BCUT2D eigenvalue weighted by molar-refractivity contribution is -0.129. The smallest absolute Gasteiger partial charge is 0.408 e. The Balaban J connectivity index is 1.56. The molecule has 4 aromatic rings. The highest BCUT2D eigenvalue weighted by Gasteiger charge is 2.40. The summed E-state index contributed by atoms with van der Waals surface area (Å²) in [6, 6.07) is 30.3. The van der Waals surface area contributed by atoms with Gasteiger partial charge < -0.3 is 46.7 Å². The molecule has 13 nitrogen and oxygen atoms in total. The SMILES string of the molecule is CC(C)[C@H](NC(=O)OCc1ccccc1)C(=O)N[C@@H](Cc1ccccc1)[C@@H](O)[C@H](O)[C@@H](NC(=O)[C@@H](NC(=O)OCc1ccccc1)C(C)C)C(N)c1ccccc1. The number of ether oxygens (including phenoxy) is 2. The number of aliphatic hydroxyl groups excluding tert-OH is 2. The average Bonchev–Trinajstić information content (AvgIpc) is 3.22. The van der Waals surface area contributed by atoms with Gasteiger partial charge in [0, 0.05) is 0 Å². The van der Waals surface area contributed by atoms with Crippen molar-refractivity contribution in [1.82, 2.24) is 21.3 Å². The summed E-state index contributed by atoms with van der Waals surface area (Å²) in [6.07, 6.45) is -5.01. The van der Waals surface area contributed by atoms with Crippen LogP contribution in [0.3, 0.4) is 0 Å². The number of benzene rings is 4. The fourth-order valence-electron chi connectivity index (χ4n) is 6.23. The van der Waals surface area contributed by atoms with Crippen LogP contribution in [0.1, 0.15) is 56.0 Å². The molecule has 13 heteroatoms. The van der Waals surface area contributed by atoms with E-state index in [1.54, 1.807) is 94.4 Å². The predicted molar refractivity (Wildman–Crippen MR) is 216 cm³/mol. The van der Waals surface area contributed by atoms with Crippen molar-refractivity contribution in [2.45, 2.75) is 89.7 Å². The van der Waals surface area contributed by atoms with Crippen LogP contribution < -0.4 is 27.0 Å². The van der Waals surface area contributed by atoms with E-state index in [9.17, 15) is 29.4 Å². The maximum atomic E-state index is 14.0. The molecule has 0 radical (unpaired) electrons. The summed E-state index contributed by atoms with van der Waals surface area (Å²) in [5.41, 5.74) is 9.55. The van der Waals surface area contributed by atoms with Crippen molar-refractivity contribution in [2.75, 3.05) is 0 Å². The molecular weight excluding hydrogens is 727 g/mol. The van der Waals surface area contributed by atoms with Gasteiger partial charge in [-0.2, -0.15) is 0 Å². The van der Waals surface area contributed by atoms with Crippen molar-refractivity contribution in [2.24, 2.45) is 17.6 Å². The first-order chi connectivity index (χ1) is 27.3. The van der Waals surface area contributed by atoms with Gasteiger partial charge in [0.25, 0.3) is 0 Å². The van der Waals surface area contributed by atoms with Crippen LogP contribution in [0, 0.1) is 11.8 Å². The van der Waals surface area contributed by atoms with E-state index in [1.165, 1.54) is 0 Å². The number of aliphatic hydroxyl groups is 2. The maximum Gasteiger partial charge on any atom is 0.408 e. The Labute approximate surface area is 334 Å². The minimum atomic E-state index is -1.75. The summed E-state index contributed by atoms with van der Waals surface area (Å²) in [6.45, 7) is 6.96. The van der Waals surface area contributed by atoms with Gasteiger partial charge in [-0.3, -0.25) is 9.59 Å². The molecule has 0 aliphatic rings. The van der Waals surface area contributed by atoms with Gasteiger partial charge in [0.2, 0.25) is 11.8 Å². The Morgan fingerprint density at radius 1 is 0.544 bits per heavy atom. The molecule has 0 fully saturated rings. The van der Waals surface area contributed by atoms with Gasteiger partial charge in [0.15, 0.2) is 0 Å². The summed E-state index contributed by atoms with van der Waals surface area (Å²) >= 11 is 0. The summed E-state index contributed by atoms with van der Waals surface area (Å²) in [4.78, 5) is 53.6. The Bertz CT molecular complexity index is 1830. The number of hydrogen-bond acceptors (Lipinski definition) is 9. The zero-order valence-corrected chi connectivity index (χ0v) is 32.8. The fourth-order valence-corrected chi connectivity index (χ4v) is 6.23. The van der Waals surface area contributed by atoms with E-state index in [4.69, 9.17) is 15.2 Å². The molecule has 0 spiro atoms. The monoisotopic (exact) mass is 781 g/mol. The van der Waals surface area contributed by atoms with Crippen molar-refractivity contribution in [3.05, 3.63) is 144 Å². The maximum absolute atomic E-state index is 14.0. The number of rotatable bonds is 19. The van der Waals surface area contributed by atoms with E-state index in [-0.39, 0.29) is 19.6 Å². The second-order valence-corrected chi connectivity index (χ2v) is 14.6.